The maximum Gasteiger partial charge on any atom is 0.425 e. The molecular weight excluding hydrogens is 407 g/mol. The Hall–Kier alpha value is -2.52. The Morgan fingerprint density at radius 2 is 1.86 bits per heavy atom. The second-order valence-electron chi connectivity index (χ2n) is 5.88. The van der Waals surface area contributed by atoms with E-state index in [0.29, 0.717) is 33.3 Å². The summed E-state index contributed by atoms with van der Waals surface area (Å²) in [5.74, 6) is 1.51. The van der Waals surface area contributed by atoms with Crippen molar-refractivity contribution >= 4 is 28.7 Å². The Balaban J connectivity index is 1.58. The Morgan fingerprint density at radius 3 is 2.54 bits per heavy atom. The number of benzene rings is 1. The molecule has 0 saturated carbocycles. The van der Waals surface area contributed by atoms with Crippen molar-refractivity contribution in [3.8, 4) is 16.3 Å². The van der Waals surface area contributed by atoms with Crippen LogP contribution in [0.25, 0.3) is 16.2 Å². The van der Waals surface area contributed by atoms with Gasteiger partial charge in [-0.25, -0.2) is 9.50 Å². The Labute approximate surface area is 167 Å². The molecule has 9 heteroatoms. The van der Waals surface area contributed by atoms with E-state index in [0.717, 1.165) is 22.4 Å². The zero-order chi connectivity index (χ0) is 19.7. The van der Waals surface area contributed by atoms with Gasteiger partial charge in [0.25, 0.3) is 0 Å². The molecule has 0 amide bonds. The molecule has 28 heavy (non-hydrogen) atoms. The van der Waals surface area contributed by atoms with Gasteiger partial charge < -0.3 is 4.74 Å². The lowest BCUT2D eigenvalue weighted by atomic mass is 10.2. The summed E-state index contributed by atoms with van der Waals surface area (Å²) in [5, 5.41) is 5.31. The van der Waals surface area contributed by atoms with Gasteiger partial charge in [0, 0.05) is 5.75 Å². The first-order valence-electron chi connectivity index (χ1n) is 8.22. The monoisotopic (exact) mass is 421 g/mol. The quantitative estimate of drug-likeness (QED) is 0.383. The van der Waals surface area contributed by atoms with E-state index in [1.807, 2.05) is 36.4 Å². The van der Waals surface area contributed by atoms with Crippen LogP contribution in [0.15, 0.2) is 59.8 Å². The minimum absolute atomic E-state index is 0.477. The molecule has 0 saturated heterocycles. The summed E-state index contributed by atoms with van der Waals surface area (Å²) in [4.78, 5) is 4.09. The lowest BCUT2D eigenvalue weighted by molar-refractivity contribution is -0.134. The van der Waals surface area contributed by atoms with Gasteiger partial charge in [-0.05, 0) is 42.0 Å². The fourth-order valence-electron chi connectivity index (χ4n) is 2.61. The number of halogens is 3. The van der Waals surface area contributed by atoms with Crippen molar-refractivity contribution in [3.05, 3.63) is 65.2 Å². The van der Waals surface area contributed by atoms with Crippen molar-refractivity contribution < 1.29 is 17.9 Å². The molecule has 0 aliphatic heterocycles. The number of thioether (sulfide) groups is 1. The highest BCUT2D eigenvalue weighted by atomic mass is 32.2. The molecule has 4 aromatic rings. The molecule has 3 aromatic heterocycles. The second kappa shape index (κ2) is 7.48. The van der Waals surface area contributed by atoms with E-state index < -0.39 is 11.1 Å². The summed E-state index contributed by atoms with van der Waals surface area (Å²) >= 11 is 2.23. The van der Waals surface area contributed by atoms with E-state index >= 15 is 0 Å². The first-order chi connectivity index (χ1) is 13.4. The highest BCUT2D eigenvalue weighted by Gasteiger charge is 2.32. The van der Waals surface area contributed by atoms with Crippen LogP contribution < -0.4 is 4.74 Å². The van der Waals surface area contributed by atoms with Crippen LogP contribution in [-0.4, -0.2) is 21.7 Å². The van der Waals surface area contributed by atoms with Gasteiger partial charge in [0.05, 0.1) is 18.2 Å². The average Bonchev–Trinajstić information content (AvgIpc) is 3.33. The number of imidazole rings is 1. The largest absolute Gasteiger partial charge is 0.497 e. The number of alkyl halides is 3. The molecule has 3 heterocycles. The second-order valence-corrected chi connectivity index (χ2v) is 7.96. The van der Waals surface area contributed by atoms with Crippen LogP contribution >= 0.6 is 23.1 Å². The molecule has 0 aliphatic rings. The normalized spacial score (nSPS) is 11.9. The molecular formula is C19H14F3N3OS2. The van der Waals surface area contributed by atoms with Gasteiger partial charge in [-0.2, -0.15) is 18.3 Å². The molecule has 0 unspecified atom stereocenters. The van der Waals surface area contributed by atoms with Crippen LogP contribution in [0, 0.1) is 0 Å². The summed E-state index contributed by atoms with van der Waals surface area (Å²) in [6, 6.07) is 14.0. The number of rotatable bonds is 5. The molecule has 0 bridgehead atoms. The third-order valence-corrected chi connectivity index (χ3v) is 6.17. The van der Waals surface area contributed by atoms with E-state index in [9.17, 15) is 13.2 Å². The van der Waals surface area contributed by atoms with Gasteiger partial charge in [-0.15, -0.1) is 11.3 Å². The van der Waals surface area contributed by atoms with E-state index in [4.69, 9.17) is 4.74 Å². The fourth-order valence-corrected chi connectivity index (χ4v) is 4.29. The molecule has 0 aliphatic carbocycles. The van der Waals surface area contributed by atoms with E-state index in [1.165, 1.54) is 6.07 Å². The molecule has 4 nitrogen and oxygen atoms in total. The number of fused-ring (bicyclic) bond motifs is 1. The van der Waals surface area contributed by atoms with Gasteiger partial charge in [-0.3, -0.25) is 0 Å². The summed E-state index contributed by atoms with van der Waals surface area (Å²) < 4.78 is 45.4. The number of ether oxygens (including phenoxy) is 1. The zero-order valence-electron chi connectivity index (χ0n) is 14.6. The first kappa shape index (κ1) is 18.8. The first-order valence-corrected chi connectivity index (χ1v) is 10.0. The van der Waals surface area contributed by atoms with Crippen molar-refractivity contribution in [3.63, 3.8) is 0 Å². The lowest BCUT2D eigenvalue weighted by Crippen LogP contribution is -2.00. The van der Waals surface area contributed by atoms with Crippen molar-refractivity contribution in [1.82, 2.24) is 14.6 Å². The highest BCUT2D eigenvalue weighted by Crippen LogP contribution is 2.38. The molecule has 4 rings (SSSR count). The van der Waals surface area contributed by atoms with E-state index in [2.05, 4.69) is 10.1 Å². The Bertz CT molecular complexity index is 1100. The number of nitrogens with zero attached hydrogens (tertiary/aromatic N) is 3. The molecule has 0 atom stereocenters. The summed E-state index contributed by atoms with van der Waals surface area (Å²) in [7, 11) is 1.62. The van der Waals surface area contributed by atoms with E-state index in [-0.39, 0.29) is 0 Å². The molecule has 0 N–H and O–H groups in total. The van der Waals surface area contributed by atoms with Gasteiger partial charge in [0.2, 0.25) is 0 Å². The predicted octanol–water partition coefficient (Wildman–Crippen LogP) is 5.78. The number of hydrogen-bond acceptors (Lipinski definition) is 5. The van der Waals surface area contributed by atoms with Crippen LogP contribution in [0.3, 0.4) is 0 Å². The molecule has 0 fully saturated rings. The van der Waals surface area contributed by atoms with Crippen molar-refractivity contribution in [2.24, 2.45) is 0 Å². The minimum Gasteiger partial charge on any atom is -0.497 e. The van der Waals surface area contributed by atoms with Crippen LogP contribution in [0.5, 0.6) is 5.75 Å². The summed E-state index contributed by atoms with van der Waals surface area (Å²) in [6.07, 6.45) is -2.80. The van der Waals surface area contributed by atoms with Crippen molar-refractivity contribution in [2.75, 3.05) is 7.11 Å². The Morgan fingerprint density at radius 1 is 1.07 bits per heavy atom. The standard InChI is InChI=1S/C19H14F3N3OS2/c1-26-13-4-2-12(3-5-13)11-27-18-9-8-17-23-10-14(25(17)24-18)15-6-7-16(28-15)19(20,21)22/h2-10H,11H2,1H3. The SMILES string of the molecule is COc1ccc(CSc2ccc3ncc(-c4ccc(C(F)(F)F)s4)n3n2)cc1. The molecule has 1 aromatic carbocycles. The Kier molecular flexibility index (Phi) is 5.03. The van der Waals surface area contributed by atoms with E-state index in [1.54, 1.807) is 29.6 Å². The fraction of sp³-hybridized carbons (Fsp3) is 0.158. The van der Waals surface area contributed by atoms with Crippen molar-refractivity contribution in [1.29, 1.82) is 0 Å². The molecule has 0 radical (unpaired) electrons. The zero-order valence-corrected chi connectivity index (χ0v) is 16.2. The van der Waals surface area contributed by atoms with Gasteiger partial charge >= 0.3 is 6.18 Å². The molecule has 0 spiro atoms. The maximum absolute atomic E-state index is 12.9. The third kappa shape index (κ3) is 3.85. The van der Waals surface area contributed by atoms with Gasteiger partial charge in [0.1, 0.15) is 21.3 Å². The number of aromatic nitrogens is 3. The summed E-state index contributed by atoms with van der Waals surface area (Å²) in [5.41, 5.74) is 2.25. The topological polar surface area (TPSA) is 39.4 Å². The van der Waals surface area contributed by atoms with Crippen molar-refractivity contribution in [2.45, 2.75) is 17.0 Å². The smallest absolute Gasteiger partial charge is 0.425 e. The van der Waals surface area contributed by atoms with Gasteiger partial charge in [-0.1, -0.05) is 23.9 Å². The van der Waals surface area contributed by atoms with Gasteiger partial charge in [0.15, 0.2) is 5.65 Å². The molecule has 144 valence electrons. The number of thiophene rings is 1. The average molecular weight is 421 g/mol. The van der Waals surface area contributed by atoms with Crippen LogP contribution in [-0.2, 0) is 11.9 Å². The number of hydrogen-bond donors (Lipinski definition) is 0. The highest BCUT2D eigenvalue weighted by molar-refractivity contribution is 7.98. The van der Waals surface area contributed by atoms with Crippen LogP contribution in [0.2, 0.25) is 0 Å². The minimum atomic E-state index is -4.35. The lowest BCUT2D eigenvalue weighted by Gasteiger charge is -2.05. The van der Waals surface area contributed by atoms with Crippen LogP contribution in [0.1, 0.15) is 10.4 Å². The predicted molar refractivity (Wildman–Crippen MR) is 104 cm³/mol. The summed E-state index contributed by atoms with van der Waals surface area (Å²) in [6.45, 7) is 0. The third-order valence-electron chi connectivity index (χ3n) is 4.02. The maximum atomic E-state index is 12.9. The van der Waals surface area contributed by atoms with Crippen LogP contribution in [0.4, 0.5) is 13.2 Å². The number of methoxy groups -OCH3 is 1.